The average Bonchev–Trinajstić information content (AvgIpc) is 3.11. The van der Waals surface area contributed by atoms with Crippen LogP contribution in [0.4, 0.5) is 0 Å². The molecule has 108 valence electrons. The van der Waals surface area contributed by atoms with E-state index in [0.29, 0.717) is 10.8 Å². The van der Waals surface area contributed by atoms with E-state index >= 15 is 0 Å². The van der Waals surface area contributed by atoms with Crippen molar-refractivity contribution in [3.05, 3.63) is 16.6 Å². The molecule has 1 saturated carbocycles. The molecule has 3 rings (SSSR count). The molecule has 20 heavy (non-hydrogen) atoms. The number of carbonyl (C=O) groups excluding carboxylic acids is 1. The zero-order chi connectivity index (χ0) is 14.5. The summed E-state index contributed by atoms with van der Waals surface area (Å²) in [5.74, 6) is 0.295. The van der Waals surface area contributed by atoms with E-state index < -0.39 is 5.54 Å². The van der Waals surface area contributed by atoms with Crippen LogP contribution in [0, 0.1) is 12.8 Å². The van der Waals surface area contributed by atoms with Gasteiger partial charge in [-0.05, 0) is 38.7 Å². The number of fused-ring (bicyclic) bond motifs is 1. The Labute approximate surface area is 121 Å². The minimum absolute atomic E-state index is 0.0190. The molecule has 1 aliphatic rings. The maximum atomic E-state index is 12.4. The van der Waals surface area contributed by atoms with E-state index in [1.807, 2.05) is 27.0 Å². The normalized spacial score (nSPS) is 18.2. The number of aromatic nitrogens is 2. The third-order valence-corrected chi connectivity index (χ3v) is 5.33. The topological polar surface area (TPSA) is 67.2 Å². The van der Waals surface area contributed by atoms with Gasteiger partial charge in [0, 0.05) is 12.4 Å². The number of rotatable bonds is 4. The maximum Gasteiger partial charge on any atom is 0.261 e. The Morgan fingerprint density at radius 1 is 1.65 bits per heavy atom. The van der Waals surface area contributed by atoms with Gasteiger partial charge in [-0.1, -0.05) is 0 Å². The first-order valence-electron chi connectivity index (χ1n) is 6.81. The lowest BCUT2D eigenvalue weighted by molar-refractivity contribution is 0.0829. The summed E-state index contributed by atoms with van der Waals surface area (Å²) in [6.07, 6.45) is 2.15. The summed E-state index contributed by atoms with van der Waals surface area (Å²) in [4.78, 5) is 14.1. The van der Waals surface area contributed by atoms with Crippen molar-refractivity contribution in [1.29, 1.82) is 0 Å². The molecule has 0 aromatic carbocycles. The highest BCUT2D eigenvalue weighted by atomic mass is 32.1. The van der Waals surface area contributed by atoms with Gasteiger partial charge in [0.25, 0.3) is 5.91 Å². The Bertz CT molecular complexity index is 637. The zero-order valence-electron chi connectivity index (χ0n) is 11.9. The highest BCUT2D eigenvalue weighted by Gasteiger charge is 2.42. The molecule has 0 bridgehead atoms. The number of nitrogens with one attached hydrogen (secondary N) is 1. The smallest absolute Gasteiger partial charge is 0.261 e. The van der Waals surface area contributed by atoms with Gasteiger partial charge in [-0.3, -0.25) is 9.48 Å². The van der Waals surface area contributed by atoms with Gasteiger partial charge in [0.2, 0.25) is 0 Å². The summed E-state index contributed by atoms with van der Waals surface area (Å²) in [6, 6.07) is 1.89. The van der Waals surface area contributed by atoms with Gasteiger partial charge in [0.05, 0.1) is 22.7 Å². The molecule has 2 N–H and O–H groups in total. The summed E-state index contributed by atoms with van der Waals surface area (Å²) in [5.41, 5.74) is 0.436. The minimum Gasteiger partial charge on any atom is -0.394 e. The summed E-state index contributed by atoms with van der Waals surface area (Å²) in [6.45, 7) is 3.84. The first kappa shape index (κ1) is 13.6. The predicted molar refractivity (Wildman–Crippen MR) is 79.0 cm³/mol. The van der Waals surface area contributed by atoms with Crippen LogP contribution in [0.3, 0.4) is 0 Å². The molecule has 2 aromatic rings. The molecule has 2 aromatic heterocycles. The van der Waals surface area contributed by atoms with Crippen molar-refractivity contribution in [3.8, 4) is 0 Å². The Hall–Kier alpha value is -1.40. The number of thiophene rings is 1. The van der Waals surface area contributed by atoms with Gasteiger partial charge in [0.15, 0.2) is 0 Å². The van der Waals surface area contributed by atoms with Crippen molar-refractivity contribution in [2.24, 2.45) is 13.0 Å². The second-order valence-corrected chi connectivity index (χ2v) is 6.87. The molecule has 1 unspecified atom stereocenters. The quantitative estimate of drug-likeness (QED) is 0.904. The maximum absolute atomic E-state index is 12.4. The fourth-order valence-corrected chi connectivity index (χ4v) is 3.65. The Morgan fingerprint density at radius 2 is 2.35 bits per heavy atom. The summed E-state index contributed by atoms with van der Waals surface area (Å²) in [7, 11) is 1.88. The molecule has 1 atom stereocenters. The number of hydrogen-bond acceptors (Lipinski definition) is 4. The molecular weight excluding hydrogens is 274 g/mol. The molecule has 2 heterocycles. The number of amides is 1. The van der Waals surface area contributed by atoms with Crippen LogP contribution in [0.2, 0.25) is 0 Å². The van der Waals surface area contributed by atoms with E-state index in [-0.39, 0.29) is 12.5 Å². The van der Waals surface area contributed by atoms with E-state index in [1.165, 1.54) is 11.3 Å². The first-order valence-corrected chi connectivity index (χ1v) is 7.63. The Balaban J connectivity index is 1.87. The van der Waals surface area contributed by atoms with E-state index in [0.717, 1.165) is 28.8 Å². The second kappa shape index (κ2) is 4.56. The van der Waals surface area contributed by atoms with Crippen LogP contribution in [0.15, 0.2) is 6.07 Å². The molecule has 0 spiro atoms. The van der Waals surface area contributed by atoms with Crippen LogP contribution in [0.25, 0.3) is 10.2 Å². The number of nitrogens with zero attached hydrogens (tertiary/aromatic N) is 2. The highest BCUT2D eigenvalue weighted by molar-refractivity contribution is 7.20. The zero-order valence-corrected chi connectivity index (χ0v) is 12.8. The van der Waals surface area contributed by atoms with Crippen LogP contribution in [-0.2, 0) is 7.05 Å². The fourth-order valence-electron chi connectivity index (χ4n) is 2.63. The van der Waals surface area contributed by atoms with Crippen LogP contribution in [0.1, 0.15) is 35.1 Å². The third-order valence-electron chi connectivity index (χ3n) is 4.13. The van der Waals surface area contributed by atoms with Gasteiger partial charge >= 0.3 is 0 Å². The molecule has 0 aliphatic heterocycles. The molecule has 6 heteroatoms. The second-order valence-electron chi connectivity index (χ2n) is 5.84. The summed E-state index contributed by atoms with van der Waals surface area (Å²) < 4.78 is 1.80. The SMILES string of the molecule is Cc1nn(C)c2sc(C(=O)NC(C)(CO)C3CC3)cc12. The fraction of sp³-hybridized carbons (Fsp3) is 0.571. The van der Waals surface area contributed by atoms with Gasteiger partial charge in [-0.25, -0.2) is 0 Å². The lowest BCUT2D eigenvalue weighted by atomic mass is 9.97. The van der Waals surface area contributed by atoms with Crippen LogP contribution in [0.5, 0.6) is 0 Å². The van der Waals surface area contributed by atoms with E-state index in [2.05, 4.69) is 10.4 Å². The summed E-state index contributed by atoms with van der Waals surface area (Å²) >= 11 is 1.44. The van der Waals surface area contributed by atoms with Gasteiger partial charge in [-0.2, -0.15) is 5.10 Å². The van der Waals surface area contributed by atoms with E-state index in [1.54, 1.807) is 4.68 Å². The number of carbonyl (C=O) groups is 1. The molecule has 5 nitrogen and oxygen atoms in total. The van der Waals surface area contributed by atoms with Gasteiger partial charge < -0.3 is 10.4 Å². The number of aliphatic hydroxyl groups is 1. The van der Waals surface area contributed by atoms with Gasteiger partial charge in [0.1, 0.15) is 4.83 Å². The highest BCUT2D eigenvalue weighted by Crippen LogP contribution is 2.39. The van der Waals surface area contributed by atoms with E-state index in [4.69, 9.17) is 0 Å². The van der Waals surface area contributed by atoms with Crippen molar-refractivity contribution in [2.75, 3.05) is 6.61 Å². The molecule has 1 aliphatic carbocycles. The molecule has 0 saturated heterocycles. The Kier molecular flexibility index (Phi) is 3.10. The monoisotopic (exact) mass is 293 g/mol. The number of aliphatic hydroxyl groups excluding tert-OH is 1. The summed E-state index contributed by atoms with van der Waals surface area (Å²) in [5, 5.41) is 17.9. The van der Waals surface area contributed by atoms with Crippen LogP contribution in [-0.4, -0.2) is 32.9 Å². The molecule has 1 amide bonds. The van der Waals surface area contributed by atoms with Crippen molar-refractivity contribution in [3.63, 3.8) is 0 Å². The average molecular weight is 293 g/mol. The third kappa shape index (κ3) is 2.13. The van der Waals surface area contributed by atoms with E-state index in [9.17, 15) is 9.90 Å². The largest absolute Gasteiger partial charge is 0.394 e. The lowest BCUT2D eigenvalue weighted by Gasteiger charge is -2.28. The Morgan fingerprint density at radius 3 is 2.90 bits per heavy atom. The first-order chi connectivity index (χ1) is 9.44. The van der Waals surface area contributed by atoms with Crippen molar-refractivity contribution in [1.82, 2.24) is 15.1 Å². The van der Waals surface area contributed by atoms with Crippen LogP contribution >= 0.6 is 11.3 Å². The molecule has 1 fully saturated rings. The number of aryl methyl sites for hydroxylation is 2. The molecular formula is C14H19N3O2S. The van der Waals surface area contributed by atoms with Crippen molar-refractivity contribution < 1.29 is 9.90 Å². The van der Waals surface area contributed by atoms with Crippen LogP contribution < -0.4 is 5.32 Å². The lowest BCUT2D eigenvalue weighted by Crippen LogP contribution is -2.50. The van der Waals surface area contributed by atoms with Crippen molar-refractivity contribution >= 4 is 27.5 Å². The van der Waals surface area contributed by atoms with Gasteiger partial charge in [-0.15, -0.1) is 11.3 Å². The number of hydrogen-bond donors (Lipinski definition) is 2. The molecule has 0 radical (unpaired) electrons. The minimum atomic E-state index is -0.499. The van der Waals surface area contributed by atoms with Crippen molar-refractivity contribution in [2.45, 2.75) is 32.2 Å². The standard InChI is InChI=1S/C14H19N3O2S/c1-8-10-6-11(20-13(10)17(3)16-8)12(19)15-14(2,7-18)9-4-5-9/h6,9,18H,4-5,7H2,1-3H3,(H,15,19). The predicted octanol–water partition coefficient (Wildman–Crippen LogP) is 1.83.